The van der Waals surface area contributed by atoms with E-state index in [2.05, 4.69) is 77.6 Å². The molecule has 0 aliphatic carbocycles. The number of hydrogen-bond acceptors (Lipinski definition) is 12. The van der Waals surface area contributed by atoms with E-state index in [4.69, 9.17) is 23.8 Å². The summed E-state index contributed by atoms with van der Waals surface area (Å²) in [6.07, 6.45) is 34.9. The highest BCUT2D eigenvalue weighted by molar-refractivity contribution is 7.47. The standard InChI is InChI=1S/C44H76O15P2/c1-3-5-7-9-11-13-15-17-18-19-21-23-25-27-29-33-43(48)55-37-40(38-58-61(53,54)57-36-39(45)35-56-60(50,51)52)59-44(49)34-30-32-42(47)41(46)31-28-26-24-22-20-16-14-12-10-8-6-4-2/h11-14,17-18,20-23,26,28,39-42,45-47H,3-10,15-16,19,24-25,27,29-38H2,1-2H3,(H,53,54)(H2,50,51,52)/b13-11-,14-12-,18-17-,22-20-,23-21-,28-26-/t39-,40+,41?,42?/m0/s1. The first-order valence-corrected chi connectivity index (χ1v) is 24.8. The summed E-state index contributed by atoms with van der Waals surface area (Å²) in [5, 5.41) is 30.5. The summed E-state index contributed by atoms with van der Waals surface area (Å²) < 4.78 is 47.5. The minimum atomic E-state index is -4.90. The fourth-order valence-electron chi connectivity index (χ4n) is 5.28. The molecule has 15 nitrogen and oxygen atoms in total. The first kappa shape index (κ1) is 58.5. The van der Waals surface area contributed by atoms with Crippen molar-refractivity contribution in [3.05, 3.63) is 72.9 Å². The highest BCUT2D eigenvalue weighted by atomic mass is 31.2. The summed E-state index contributed by atoms with van der Waals surface area (Å²) in [7, 11) is -9.80. The van der Waals surface area contributed by atoms with Gasteiger partial charge in [-0.1, -0.05) is 112 Å². The van der Waals surface area contributed by atoms with E-state index in [1.807, 2.05) is 12.2 Å². The van der Waals surface area contributed by atoms with E-state index in [0.29, 0.717) is 12.8 Å². The highest BCUT2D eigenvalue weighted by Crippen LogP contribution is 2.43. The topological polar surface area (TPSA) is 236 Å². The van der Waals surface area contributed by atoms with Crippen LogP contribution in [0.4, 0.5) is 0 Å². The smallest absolute Gasteiger partial charge is 0.462 e. The van der Waals surface area contributed by atoms with Crippen molar-refractivity contribution < 1.29 is 71.8 Å². The zero-order valence-corrected chi connectivity index (χ0v) is 38.2. The third-order valence-electron chi connectivity index (χ3n) is 8.76. The molecule has 0 aromatic heterocycles. The number of ether oxygens (including phenoxy) is 2. The van der Waals surface area contributed by atoms with E-state index < -0.39 is 78.4 Å². The van der Waals surface area contributed by atoms with Crippen molar-refractivity contribution in [1.29, 1.82) is 0 Å². The lowest BCUT2D eigenvalue weighted by molar-refractivity contribution is -0.161. The van der Waals surface area contributed by atoms with Crippen LogP contribution in [0.2, 0.25) is 0 Å². The van der Waals surface area contributed by atoms with Gasteiger partial charge in [-0.15, -0.1) is 0 Å². The molecular formula is C44H76O15P2. The van der Waals surface area contributed by atoms with Crippen LogP contribution in [-0.2, 0) is 41.8 Å². The predicted octanol–water partition coefficient (Wildman–Crippen LogP) is 8.95. The molecular weight excluding hydrogens is 830 g/mol. The summed E-state index contributed by atoms with van der Waals surface area (Å²) in [6.45, 7) is 1.31. The molecule has 352 valence electrons. The van der Waals surface area contributed by atoms with E-state index in [9.17, 15) is 38.9 Å². The largest absolute Gasteiger partial charge is 0.472 e. The number of unbranched alkanes of at least 4 members (excludes halogenated alkanes) is 8. The molecule has 3 unspecified atom stereocenters. The lowest BCUT2D eigenvalue weighted by atomic mass is 10.0. The molecule has 0 spiro atoms. The Morgan fingerprint density at radius 3 is 1.51 bits per heavy atom. The summed E-state index contributed by atoms with van der Waals surface area (Å²) in [6, 6.07) is 0. The van der Waals surface area contributed by atoms with Crippen LogP contribution in [0.3, 0.4) is 0 Å². The van der Waals surface area contributed by atoms with Crippen molar-refractivity contribution in [1.82, 2.24) is 0 Å². The number of allylic oxidation sites excluding steroid dienone is 11. The Morgan fingerprint density at radius 1 is 0.525 bits per heavy atom. The number of carbonyl (C=O) groups excluding carboxylic acids is 2. The van der Waals surface area contributed by atoms with Crippen molar-refractivity contribution >= 4 is 27.6 Å². The summed E-state index contributed by atoms with van der Waals surface area (Å²) in [5.74, 6) is -1.37. The molecule has 0 aliphatic rings. The number of aliphatic hydroxyl groups is 3. The molecule has 0 amide bonds. The molecule has 0 radical (unpaired) electrons. The molecule has 0 bridgehead atoms. The highest BCUT2D eigenvalue weighted by Gasteiger charge is 2.28. The van der Waals surface area contributed by atoms with Gasteiger partial charge in [0.05, 0.1) is 32.0 Å². The van der Waals surface area contributed by atoms with Crippen LogP contribution in [0.5, 0.6) is 0 Å². The number of phosphoric acid groups is 2. The summed E-state index contributed by atoms with van der Waals surface area (Å²) in [5.41, 5.74) is 0. The lowest BCUT2D eigenvalue weighted by Gasteiger charge is -2.21. The van der Waals surface area contributed by atoms with Crippen LogP contribution in [0.25, 0.3) is 0 Å². The van der Waals surface area contributed by atoms with Crippen LogP contribution in [0.15, 0.2) is 72.9 Å². The molecule has 0 rings (SSSR count). The normalized spacial score (nSPS) is 15.7. The second kappa shape index (κ2) is 39.1. The molecule has 17 heteroatoms. The fraction of sp³-hybridized carbons (Fsp3) is 0.682. The Hall–Kier alpha value is -2.52. The van der Waals surface area contributed by atoms with Gasteiger partial charge in [-0.2, -0.15) is 0 Å². The molecule has 0 saturated carbocycles. The number of hydrogen-bond donors (Lipinski definition) is 6. The van der Waals surface area contributed by atoms with E-state index in [-0.39, 0.29) is 32.1 Å². The molecule has 0 aromatic carbocycles. The number of esters is 2. The third kappa shape index (κ3) is 41.3. The fourth-order valence-corrected chi connectivity index (χ4v) is 6.44. The molecule has 0 aromatic rings. The monoisotopic (exact) mass is 906 g/mol. The van der Waals surface area contributed by atoms with Crippen LogP contribution < -0.4 is 0 Å². The van der Waals surface area contributed by atoms with Gasteiger partial charge < -0.3 is 39.5 Å². The predicted molar refractivity (Wildman–Crippen MR) is 237 cm³/mol. The molecule has 6 N–H and O–H groups in total. The maximum Gasteiger partial charge on any atom is 0.472 e. The first-order chi connectivity index (χ1) is 29.2. The first-order valence-electron chi connectivity index (χ1n) is 21.8. The Kier molecular flexibility index (Phi) is 37.5. The Balaban J connectivity index is 4.84. The van der Waals surface area contributed by atoms with Gasteiger partial charge >= 0.3 is 27.6 Å². The Bertz CT molecular complexity index is 1390. The van der Waals surface area contributed by atoms with E-state index in [0.717, 1.165) is 44.9 Å². The minimum Gasteiger partial charge on any atom is -0.462 e. The van der Waals surface area contributed by atoms with Crippen molar-refractivity contribution in [3.63, 3.8) is 0 Å². The van der Waals surface area contributed by atoms with Crippen LogP contribution in [0.1, 0.15) is 142 Å². The molecule has 0 aliphatic heterocycles. The second-order valence-electron chi connectivity index (χ2n) is 14.6. The minimum absolute atomic E-state index is 0.0823. The van der Waals surface area contributed by atoms with Gasteiger partial charge in [0.1, 0.15) is 12.7 Å². The van der Waals surface area contributed by atoms with Gasteiger partial charge in [0, 0.05) is 12.8 Å². The molecule has 61 heavy (non-hydrogen) atoms. The Morgan fingerprint density at radius 2 is 0.984 bits per heavy atom. The van der Waals surface area contributed by atoms with Gasteiger partial charge in [0.25, 0.3) is 0 Å². The van der Waals surface area contributed by atoms with Gasteiger partial charge in [-0.3, -0.25) is 23.2 Å². The van der Waals surface area contributed by atoms with Crippen LogP contribution in [-0.4, -0.2) is 92.8 Å². The maximum absolute atomic E-state index is 12.7. The van der Waals surface area contributed by atoms with Crippen LogP contribution >= 0.6 is 15.6 Å². The Labute approximate surface area is 364 Å². The zero-order chi connectivity index (χ0) is 45.5. The molecule has 0 saturated heterocycles. The SMILES string of the molecule is CCCCC/C=C\C/C=C\C/C=C\CCCCC(=O)OC[C@H](COP(=O)(O)OC[C@@H](O)COP(=O)(O)O)OC(=O)CCCC(O)C(O)C/C=C\C/C=C\C/C=C\CCCCC. The van der Waals surface area contributed by atoms with Crippen molar-refractivity contribution in [2.75, 3.05) is 26.4 Å². The number of carbonyl (C=O) groups is 2. The van der Waals surface area contributed by atoms with Gasteiger partial charge in [-0.25, -0.2) is 9.13 Å². The summed E-state index contributed by atoms with van der Waals surface area (Å²) >= 11 is 0. The zero-order valence-electron chi connectivity index (χ0n) is 36.5. The molecule has 5 atom stereocenters. The van der Waals surface area contributed by atoms with Gasteiger partial charge in [0.15, 0.2) is 6.10 Å². The number of rotatable bonds is 40. The van der Waals surface area contributed by atoms with E-state index >= 15 is 0 Å². The van der Waals surface area contributed by atoms with Crippen molar-refractivity contribution in [2.24, 2.45) is 0 Å². The van der Waals surface area contributed by atoms with Crippen molar-refractivity contribution in [3.8, 4) is 0 Å². The molecule has 0 heterocycles. The van der Waals surface area contributed by atoms with E-state index in [1.165, 1.54) is 38.5 Å². The van der Waals surface area contributed by atoms with Gasteiger partial charge in [0.2, 0.25) is 0 Å². The lowest BCUT2D eigenvalue weighted by Crippen LogP contribution is -2.30. The number of phosphoric ester groups is 2. The third-order valence-corrected chi connectivity index (χ3v) is 10.2. The van der Waals surface area contributed by atoms with Gasteiger partial charge in [-0.05, 0) is 89.9 Å². The van der Waals surface area contributed by atoms with E-state index in [1.54, 1.807) is 6.08 Å². The quantitative estimate of drug-likeness (QED) is 0.0146. The average Bonchev–Trinajstić information content (AvgIpc) is 3.21. The summed E-state index contributed by atoms with van der Waals surface area (Å²) in [4.78, 5) is 52.7. The van der Waals surface area contributed by atoms with Crippen molar-refractivity contribution in [2.45, 2.75) is 167 Å². The molecule has 0 fully saturated rings. The second-order valence-corrected chi connectivity index (χ2v) is 17.3. The van der Waals surface area contributed by atoms with Crippen LogP contribution in [0, 0.1) is 0 Å². The number of aliphatic hydroxyl groups excluding tert-OH is 3. The average molecular weight is 907 g/mol. The maximum atomic E-state index is 12.7.